The van der Waals surface area contributed by atoms with Crippen molar-refractivity contribution < 1.29 is 31.4 Å². The molecule has 3 nitrogen and oxygen atoms in total. The van der Waals surface area contributed by atoms with E-state index < -0.39 is 29.7 Å². The van der Waals surface area contributed by atoms with Crippen LogP contribution < -0.4 is 5.32 Å². The summed E-state index contributed by atoms with van der Waals surface area (Å²) in [5, 5.41) is 13.7. The van der Waals surface area contributed by atoms with E-state index in [4.69, 9.17) is 0 Å². The number of nitrogens with zero attached hydrogens (tertiary/aromatic N) is 1. The second-order valence-electron chi connectivity index (χ2n) is 7.44. The van der Waals surface area contributed by atoms with E-state index in [9.17, 15) is 31.4 Å². The minimum Gasteiger partial charge on any atom is -0.387 e. The van der Waals surface area contributed by atoms with E-state index in [1.165, 1.54) is 6.07 Å². The number of alkyl halides is 6. The molecule has 0 unspecified atom stereocenters. The number of aromatic nitrogens is 1. The highest BCUT2D eigenvalue weighted by Gasteiger charge is 2.34. The molecule has 1 heterocycles. The molecule has 2 N–H and O–H groups in total. The quantitative estimate of drug-likeness (QED) is 0.438. The van der Waals surface area contributed by atoms with E-state index in [0.29, 0.717) is 0 Å². The van der Waals surface area contributed by atoms with Crippen molar-refractivity contribution in [1.82, 2.24) is 10.3 Å². The van der Waals surface area contributed by atoms with Crippen LogP contribution in [-0.4, -0.2) is 22.7 Å². The summed E-state index contributed by atoms with van der Waals surface area (Å²) in [6, 6.07) is 5.90. The van der Waals surface area contributed by atoms with E-state index >= 15 is 0 Å². The Morgan fingerprint density at radius 2 is 1.48 bits per heavy atom. The van der Waals surface area contributed by atoms with Crippen molar-refractivity contribution in [3.8, 4) is 11.3 Å². The highest BCUT2D eigenvalue weighted by molar-refractivity contribution is 5.61. The maximum Gasteiger partial charge on any atom is 0.433 e. The number of halogens is 6. The summed E-state index contributed by atoms with van der Waals surface area (Å²) in [5.41, 5.74) is -2.19. The molecule has 1 aromatic heterocycles. The molecule has 0 aliphatic rings. The van der Waals surface area contributed by atoms with Gasteiger partial charge in [0.15, 0.2) is 0 Å². The van der Waals surface area contributed by atoms with Crippen molar-refractivity contribution in [2.45, 2.75) is 64.0 Å². The summed E-state index contributed by atoms with van der Waals surface area (Å²) in [6.45, 7) is 4.10. The number of hydrogen-bond donors (Lipinski definition) is 2. The third-order valence-electron chi connectivity index (χ3n) is 4.91. The van der Waals surface area contributed by atoms with Crippen LogP contribution in [0.1, 0.15) is 62.5 Å². The lowest BCUT2D eigenvalue weighted by molar-refractivity contribution is -0.141. The molecule has 0 saturated heterocycles. The molecule has 2 rings (SSSR count). The molecule has 0 aliphatic heterocycles. The minimum absolute atomic E-state index is 0.00327. The lowest BCUT2D eigenvalue weighted by atomic mass is 10.0. The third kappa shape index (κ3) is 7.21. The zero-order chi connectivity index (χ0) is 23.2. The smallest absolute Gasteiger partial charge is 0.387 e. The van der Waals surface area contributed by atoms with Gasteiger partial charge >= 0.3 is 12.4 Å². The van der Waals surface area contributed by atoms with Crippen molar-refractivity contribution >= 4 is 0 Å². The normalized spacial score (nSPS) is 13.6. The maximum absolute atomic E-state index is 13.4. The van der Waals surface area contributed by atoms with E-state index in [1.54, 1.807) is 0 Å². The van der Waals surface area contributed by atoms with Crippen LogP contribution in [0, 0.1) is 0 Å². The predicted molar refractivity (Wildman–Crippen MR) is 106 cm³/mol. The molecule has 1 aromatic carbocycles. The standard InChI is InChI=1S/C22H26F6N2O/c1-3-5-17(6-4-2)29-13-19(31)15-11-18(30-20(12-15)22(26,27)28)14-7-9-16(10-8-14)21(23,24)25/h7-12,17,19,29,31H,3-6,13H2,1-2H3/t19-/m0/s1. The Morgan fingerprint density at radius 3 is 1.97 bits per heavy atom. The Bertz CT molecular complexity index is 827. The van der Waals surface area contributed by atoms with Crippen LogP contribution in [0.4, 0.5) is 26.3 Å². The first-order valence-corrected chi connectivity index (χ1v) is 10.1. The summed E-state index contributed by atoms with van der Waals surface area (Å²) in [6.07, 6.45) is -6.94. The lowest BCUT2D eigenvalue weighted by Gasteiger charge is -2.21. The van der Waals surface area contributed by atoms with Gasteiger partial charge in [0.2, 0.25) is 0 Å². The van der Waals surface area contributed by atoms with E-state index in [1.807, 2.05) is 13.8 Å². The number of nitrogens with one attached hydrogen (secondary N) is 1. The van der Waals surface area contributed by atoms with Gasteiger partial charge in [0.25, 0.3) is 0 Å². The molecule has 0 spiro atoms. The van der Waals surface area contributed by atoms with Crippen molar-refractivity contribution in [2.75, 3.05) is 6.54 Å². The molecule has 0 aliphatic carbocycles. The molecule has 2 aromatic rings. The molecule has 0 radical (unpaired) electrons. The minimum atomic E-state index is -4.77. The van der Waals surface area contributed by atoms with Gasteiger partial charge in [-0.3, -0.25) is 0 Å². The number of benzene rings is 1. The fraction of sp³-hybridized carbons (Fsp3) is 0.500. The van der Waals surface area contributed by atoms with Crippen molar-refractivity contribution in [3.63, 3.8) is 0 Å². The van der Waals surface area contributed by atoms with Gasteiger partial charge in [0.05, 0.1) is 17.4 Å². The highest BCUT2D eigenvalue weighted by atomic mass is 19.4. The second kappa shape index (κ2) is 10.5. The van der Waals surface area contributed by atoms with Gasteiger partial charge in [-0.2, -0.15) is 26.3 Å². The van der Waals surface area contributed by atoms with Gasteiger partial charge in [-0.15, -0.1) is 0 Å². The number of hydrogen-bond acceptors (Lipinski definition) is 3. The largest absolute Gasteiger partial charge is 0.433 e. The Kier molecular flexibility index (Phi) is 8.48. The van der Waals surface area contributed by atoms with Crippen LogP contribution in [0.25, 0.3) is 11.3 Å². The zero-order valence-electron chi connectivity index (χ0n) is 17.3. The Hall–Kier alpha value is -2.13. The van der Waals surface area contributed by atoms with Gasteiger partial charge in [0.1, 0.15) is 5.69 Å². The highest BCUT2D eigenvalue weighted by Crippen LogP contribution is 2.34. The summed E-state index contributed by atoms with van der Waals surface area (Å²) in [7, 11) is 0. The summed E-state index contributed by atoms with van der Waals surface area (Å²) in [4.78, 5) is 3.57. The monoisotopic (exact) mass is 448 g/mol. The average molecular weight is 448 g/mol. The van der Waals surface area contributed by atoms with Crippen molar-refractivity contribution in [3.05, 3.63) is 53.2 Å². The zero-order valence-corrected chi connectivity index (χ0v) is 17.3. The molecule has 172 valence electrons. The van der Waals surface area contributed by atoms with Crippen LogP contribution in [0.15, 0.2) is 36.4 Å². The molecule has 31 heavy (non-hydrogen) atoms. The van der Waals surface area contributed by atoms with Gasteiger partial charge in [-0.25, -0.2) is 4.98 Å². The van der Waals surface area contributed by atoms with Crippen molar-refractivity contribution in [2.24, 2.45) is 0 Å². The lowest BCUT2D eigenvalue weighted by Crippen LogP contribution is -2.32. The molecule has 0 amide bonds. The maximum atomic E-state index is 13.4. The Labute approximate surface area is 177 Å². The first-order valence-electron chi connectivity index (χ1n) is 10.1. The number of aliphatic hydroxyl groups is 1. The fourth-order valence-corrected chi connectivity index (χ4v) is 3.31. The predicted octanol–water partition coefficient (Wildman–Crippen LogP) is 6.38. The number of aliphatic hydroxyl groups excluding tert-OH is 1. The second-order valence-corrected chi connectivity index (χ2v) is 7.44. The van der Waals surface area contributed by atoms with Crippen LogP contribution in [0.5, 0.6) is 0 Å². The molecule has 9 heteroatoms. The van der Waals surface area contributed by atoms with E-state index in [2.05, 4.69) is 10.3 Å². The molecule has 0 bridgehead atoms. The third-order valence-corrected chi connectivity index (χ3v) is 4.91. The van der Waals surface area contributed by atoms with Gasteiger partial charge in [-0.1, -0.05) is 38.8 Å². The Morgan fingerprint density at radius 1 is 0.903 bits per heavy atom. The van der Waals surface area contributed by atoms with Gasteiger partial charge in [0, 0.05) is 18.2 Å². The van der Waals surface area contributed by atoms with Gasteiger partial charge in [-0.05, 0) is 42.7 Å². The number of pyridine rings is 1. The van der Waals surface area contributed by atoms with Gasteiger partial charge < -0.3 is 10.4 Å². The SMILES string of the molecule is CCCC(CCC)NC[C@H](O)c1cc(-c2ccc(C(F)(F)F)cc2)nc(C(F)(F)F)c1. The fourth-order valence-electron chi connectivity index (χ4n) is 3.31. The average Bonchev–Trinajstić information content (AvgIpc) is 2.70. The van der Waals surface area contributed by atoms with Crippen LogP contribution >= 0.6 is 0 Å². The molecule has 0 saturated carbocycles. The first kappa shape index (κ1) is 25.1. The summed E-state index contributed by atoms with van der Waals surface area (Å²) >= 11 is 0. The topological polar surface area (TPSA) is 45.1 Å². The van der Waals surface area contributed by atoms with E-state index in [0.717, 1.165) is 56.0 Å². The van der Waals surface area contributed by atoms with Crippen LogP contribution in [0.2, 0.25) is 0 Å². The van der Waals surface area contributed by atoms with Crippen LogP contribution in [-0.2, 0) is 12.4 Å². The molecule has 0 fully saturated rings. The number of rotatable bonds is 9. The van der Waals surface area contributed by atoms with E-state index in [-0.39, 0.29) is 29.4 Å². The molecular weight excluding hydrogens is 422 g/mol. The Balaban J connectivity index is 2.33. The van der Waals surface area contributed by atoms with Crippen LogP contribution in [0.3, 0.4) is 0 Å². The molecule has 1 atom stereocenters. The summed E-state index contributed by atoms with van der Waals surface area (Å²) in [5.74, 6) is 0. The first-order chi connectivity index (χ1) is 14.5. The summed E-state index contributed by atoms with van der Waals surface area (Å²) < 4.78 is 78.4. The molecular formula is C22H26F6N2O. The van der Waals surface area contributed by atoms with Crippen molar-refractivity contribution in [1.29, 1.82) is 0 Å².